The van der Waals surface area contributed by atoms with Crippen molar-refractivity contribution in [2.75, 3.05) is 0 Å². The lowest BCUT2D eigenvalue weighted by Gasteiger charge is -2.09. The van der Waals surface area contributed by atoms with Crippen molar-refractivity contribution in [2.24, 2.45) is 5.73 Å². The van der Waals surface area contributed by atoms with Gasteiger partial charge in [0, 0.05) is 17.4 Å². The van der Waals surface area contributed by atoms with Gasteiger partial charge in [-0.3, -0.25) is 0 Å². The molecule has 4 rings (SSSR count). The molecule has 0 saturated carbocycles. The van der Waals surface area contributed by atoms with Crippen molar-refractivity contribution < 1.29 is 16.8 Å². The van der Waals surface area contributed by atoms with Crippen molar-refractivity contribution in [3.8, 4) is 0 Å². The molecule has 3 N–H and O–H groups in total. The molecule has 0 fully saturated rings. The quantitative estimate of drug-likeness (QED) is 0.509. The van der Waals surface area contributed by atoms with E-state index in [9.17, 15) is 16.8 Å². The second-order valence-electron chi connectivity index (χ2n) is 6.50. The number of para-hydroxylation sites is 1. The summed E-state index contributed by atoms with van der Waals surface area (Å²) in [6, 6.07) is 20.5. The number of H-pyrrole nitrogens is 1. The van der Waals surface area contributed by atoms with E-state index in [0.717, 1.165) is 5.56 Å². The third-order valence-corrected chi connectivity index (χ3v) is 8.41. The van der Waals surface area contributed by atoms with E-state index in [0.29, 0.717) is 10.9 Å². The summed E-state index contributed by atoms with van der Waals surface area (Å²) in [4.78, 5) is 2.58. The molecule has 0 aliphatic carbocycles. The summed E-state index contributed by atoms with van der Waals surface area (Å²) in [5, 5.41) is -0.0160. The van der Waals surface area contributed by atoms with Crippen LogP contribution < -0.4 is 5.73 Å². The molecule has 0 atom stereocenters. The van der Waals surface area contributed by atoms with Crippen molar-refractivity contribution in [3.05, 3.63) is 84.4 Å². The number of aromatic amines is 1. The number of fused-ring (bicyclic) bond motifs is 1. The molecule has 0 bridgehead atoms. The first-order valence-corrected chi connectivity index (χ1v) is 11.8. The van der Waals surface area contributed by atoms with E-state index in [1.165, 1.54) is 24.3 Å². The SMILES string of the molecule is NCc1ccc(S(=O)(=O)c2c(S(=O)(=O)c3ccccc3)[nH]c3ccccc23)cc1. The molecule has 6 nitrogen and oxygen atoms in total. The molecule has 1 heterocycles. The van der Waals surface area contributed by atoms with Gasteiger partial charge in [-0.25, -0.2) is 16.8 Å². The van der Waals surface area contributed by atoms with E-state index in [4.69, 9.17) is 5.73 Å². The molecule has 29 heavy (non-hydrogen) atoms. The molecule has 1 aromatic heterocycles. The Bertz CT molecular complexity index is 1390. The van der Waals surface area contributed by atoms with E-state index in [1.807, 2.05) is 0 Å². The van der Waals surface area contributed by atoms with Crippen LogP contribution in [0, 0.1) is 0 Å². The molecule has 4 aromatic rings. The Hall–Kier alpha value is -2.94. The molecule has 0 amide bonds. The van der Waals surface area contributed by atoms with Gasteiger partial charge in [0.1, 0.15) is 4.90 Å². The standard InChI is InChI=1S/C21H18N2O4S2/c22-14-15-10-12-17(13-11-15)28(24,25)20-18-8-4-5-9-19(18)23-21(20)29(26,27)16-6-2-1-3-7-16/h1-13,23H,14,22H2. The summed E-state index contributed by atoms with van der Waals surface area (Å²) in [6.07, 6.45) is 0. The minimum Gasteiger partial charge on any atom is -0.344 e. The maximum atomic E-state index is 13.5. The lowest BCUT2D eigenvalue weighted by Crippen LogP contribution is -2.10. The number of aromatic nitrogens is 1. The third-order valence-electron chi connectivity index (χ3n) is 4.69. The Morgan fingerprint density at radius 3 is 1.93 bits per heavy atom. The zero-order chi connectivity index (χ0) is 20.6. The Morgan fingerprint density at radius 1 is 0.690 bits per heavy atom. The number of rotatable bonds is 5. The van der Waals surface area contributed by atoms with Crippen LogP contribution in [0.2, 0.25) is 0 Å². The van der Waals surface area contributed by atoms with Gasteiger partial charge in [0.25, 0.3) is 0 Å². The van der Waals surface area contributed by atoms with Gasteiger partial charge in [-0.1, -0.05) is 48.5 Å². The van der Waals surface area contributed by atoms with Crippen LogP contribution in [0.4, 0.5) is 0 Å². The van der Waals surface area contributed by atoms with Crippen LogP contribution in [0.1, 0.15) is 5.56 Å². The molecular formula is C21H18N2O4S2. The highest BCUT2D eigenvalue weighted by Crippen LogP contribution is 2.36. The molecule has 0 unspecified atom stereocenters. The Balaban J connectivity index is 2.02. The zero-order valence-corrected chi connectivity index (χ0v) is 16.9. The number of nitrogens with one attached hydrogen (secondary N) is 1. The van der Waals surface area contributed by atoms with Crippen molar-refractivity contribution >= 4 is 30.6 Å². The smallest absolute Gasteiger partial charge is 0.223 e. The number of hydrogen-bond donors (Lipinski definition) is 2. The van der Waals surface area contributed by atoms with Crippen molar-refractivity contribution in [1.29, 1.82) is 0 Å². The van der Waals surface area contributed by atoms with Gasteiger partial charge < -0.3 is 10.7 Å². The van der Waals surface area contributed by atoms with Crippen molar-refractivity contribution in [1.82, 2.24) is 4.98 Å². The fourth-order valence-electron chi connectivity index (χ4n) is 3.19. The van der Waals surface area contributed by atoms with Crippen molar-refractivity contribution in [2.45, 2.75) is 26.3 Å². The van der Waals surface area contributed by atoms with Gasteiger partial charge in [0.2, 0.25) is 19.7 Å². The largest absolute Gasteiger partial charge is 0.344 e. The number of nitrogens with two attached hydrogens (primary N) is 1. The zero-order valence-electron chi connectivity index (χ0n) is 15.2. The summed E-state index contributed by atoms with van der Waals surface area (Å²) in [5.41, 5.74) is 6.80. The maximum absolute atomic E-state index is 13.5. The molecule has 8 heteroatoms. The van der Waals surface area contributed by atoms with Gasteiger partial charge in [-0.2, -0.15) is 0 Å². The number of benzene rings is 3. The topological polar surface area (TPSA) is 110 Å². The Labute approximate surface area is 168 Å². The number of sulfone groups is 2. The van der Waals surface area contributed by atoms with Crippen LogP contribution >= 0.6 is 0 Å². The van der Waals surface area contributed by atoms with E-state index in [-0.39, 0.29) is 26.3 Å². The maximum Gasteiger partial charge on any atom is 0.223 e. The summed E-state index contributed by atoms with van der Waals surface area (Å²) >= 11 is 0. The normalized spacial score (nSPS) is 12.3. The molecular weight excluding hydrogens is 408 g/mol. The van der Waals surface area contributed by atoms with Crippen LogP contribution in [0.5, 0.6) is 0 Å². The Kier molecular flexibility index (Phi) is 4.77. The number of hydrogen-bond acceptors (Lipinski definition) is 5. The monoisotopic (exact) mass is 426 g/mol. The summed E-state index contributed by atoms with van der Waals surface area (Å²) < 4.78 is 53.6. The molecule has 0 spiro atoms. The van der Waals surface area contributed by atoms with Gasteiger partial charge >= 0.3 is 0 Å². The molecule has 0 radical (unpaired) electrons. The fourth-order valence-corrected chi connectivity index (χ4v) is 6.69. The molecule has 0 saturated heterocycles. The average Bonchev–Trinajstić information content (AvgIpc) is 3.16. The minimum absolute atomic E-state index is 0.00367. The highest BCUT2D eigenvalue weighted by Gasteiger charge is 2.33. The third kappa shape index (κ3) is 3.25. The summed E-state index contributed by atoms with van der Waals surface area (Å²) in [6.45, 7) is 0.279. The summed E-state index contributed by atoms with van der Waals surface area (Å²) in [7, 11) is -8.21. The Morgan fingerprint density at radius 2 is 1.28 bits per heavy atom. The first kappa shape index (κ1) is 19.4. The molecule has 0 aliphatic heterocycles. The van der Waals surface area contributed by atoms with Crippen LogP contribution in [0.3, 0.4) is 0 Å². The first-order chi connectivity index (χ1) is 13.9. The lowest BCUT2D eigenvalue weighted by atomic mass is 10.2. The highest BCUT2D eigenvalue weighted by atomic mass is 32.2. The fraction of sp³-hybridized carbons (Fsp3) is 0.0476. The average molecular weight is 427 g/mol. The predicted molar refractivity (Wildman–Crippen MR) is 110 cm³/mol. The first-order valence-electron chi connectivity index (χ1n) is 8.80. The van der Waals surface area contributed by atoms with Gasteiger partial charge in [-0.15, -0.1) is 0 Å². The highest BCUT2D eigenvalue weighted by molar-refractivity contribution is 7.94. The van der Waals surface area contributed by atoms with Crippen LogP contribution in [0.25, 0.3) is 10.9 Å². The second kappa shape index (κ2) is 7.14. The van der Waals surface area contributed by atoms with Crippen LogP contribution in [-0.4, -0.2) is 21.8 Å². The van der Waals surface area contributed by atoms with Crippen LogP contribution in [0.15, 0.2) is 98.6 Å². The van der Waals surface area contributed by atoms with E-state index < -0.39 is 19.7 Å². The van der Waals surface area contributed by atoms with E-state index in [2.05, 4.69) is 4.98 Å². The van der Waals surface area contributed by atoms with Gasteiger partial charge in [0.15, 0.2) is 5.03 Å². The molecule has 0 aliphatic rings. The van der Waals surface area contributed by atoms with Gasteiger partial charge in [0.05, 0.1) is 9.79 Å². The van der Waals surface area contributed by atoms with Gasteiger partial charge in [-0.05, 0) is 35.9 Å². The second-order valence-corrected chi connectivity index (χ2v) is 10.3. The molecule has 148 valence electrons. The minimum atomic E-state index is -4.12. The predicted octanol–water partition coefficient (Wildman–Crippen LogP) is 3.29. The van der Waals surface area contributed by atoms with E-state index >= 15 is 0 Å². The lowest BCUT2D eigenvalue weighted by molar-refractivity contribution is 0.581. The summed E-state index contributed by atoms with van der Waals surface area (Å²) in [5.74, 6) is 0. The van der Waals surface area contributed by atoms with Crippen molar-refractivity contribution in [3.63, 3.8) is 0 Å². The molecule has 3 aromatic carbocycles. The van der Waals surface area contributed by atoms with E-state index in [1.54, 1.807) is 54.6 Å². The van der Waals surface area contributed by atoms with Crippen LogP contribution in [-0.2, 0) is 26.2 Å².